The van der Waals surface area contributed by atoms with Gasteiger partial charge in [-0.25, -0.2) is 23.9 Å². The summed E-state index contributed by atoms with van der Waals surface area (Å²) in [5, 5.41) is 2.73. The summed E-state index contributed by atoms with van der Waals surface area (Å²) in [6.07, 6.45) is 0.663. The first-order chi connectivity index (χ1) is 17.3. The Hall–Kier alpha value is -2.98. The van der Waals surface area contributed by atoms with E-state index in [1.54, 1.807) is 11.1 Å². The van der Waals surface area contributed by atoms with Crippen LogP contribution < -0.4 is 10.2 Å². The summed E-state index contributed by atoms with van der Waals surface area (Å²) in [5.74, 6) is -0.380. The highest BCUT2D eigenvalue weighted by Crippen LogP contribution is 2.42. The number of fused-ring (bicyclic) bond motifs is 1. The van der Waals surface area contributed by atoms with E-state index >= 15 is 0 Å². The molecule has 1 N–H and O–H groups in total. The van der Waals surface area contributed by atoms with Crippen LogP contribution in [0.25, 0.3) is 0 Å². The molecule has 1 unspecified atom stereocenters. The Labute approximate surface area is 221 Å². The Bertz CT molecular complexity index is 1220. The zero-order valence-electron chi connectivity index (χ0n) is 22.3. The van der Waals surface area contributed by atoms with Crippen molar-refractivity contribution < 1.29 is 18.7 Å². The molecule has 1 fully saturated rings. The molecule has 2 atom stereocenters. The number of halogens is 2. The molecule has 3 amide bonds. The van der Waals surface area contributed by atoms with Crippen molar-refractivity contribution in [2.24, 2.45) is 0 Å². The average Bonchev–Trinajstić information content (AvgIpc) is 2.79. The maximum atomic E-state index is 14.8. The van der Waals surface area contributed by atoms with E-state index < -0.39 is 23.6 Å². The topological polar surface area (TPSA) is 90.9 Å². The van der Waals surface area contributed by atoms with E-state index in [0.29, 0.717) is 30.9 Å². The number of piperazine rings is 1. The minimum atomic E-state index is -0.673. The number of pyridine rings is 2. The number of hydrogen-bond donors (Lipinski definition) is 1. The number of anilines is 2. The molecular formula is C26H34ClFN6O3. The van der Waals surface area contributed by atoms with E-state index in [1.807, 2.05) is 59.4 Å². The van der Waals surface area contributed by atoms with E-state index in [0.717, 1.165) is 11.3 Å². The molecule has 2 aromatic rings. The summed E-state index contributed by atoms with van der Waals surface area (Å²) >= 11 is 6.13. The lowest BCUT2D eigenvalue weighted by molar-refractivity contribution is -0.00491. The van der Waals surface area contributed by atoms with Gasteiger partial charge < -0.3 is 15.0 Å². The highest BCUT2D eigenvalue weighted by molar-refractivity contribution is 6.29. The fraction of sp³-hybridized carbons (Fsp3) is 0.538. The second-order valence-corrected chi connectivity index (χ2v) is 11.2. The van der Waals surface area contributed by atoms with E-state index in [2.05, 4.69) is 15.3 Å². The molecule has 4 rings (SSSR count). The number of aryl methyl sites for hydroxylation is 1. The van der Waals surface area contributed by atoms with Gasteiger partial charge in [0, 0.05) is 37.4 Å². The van der Waals surface area contributed by atoms with E-state index in [-0.39, 0.29) is 29.0 Å². The minimum absolute atomic E-state index is 0.0285. The fourth-order valence-electron chi connectivity index (χ4n) is 4.81. The van der Waals surface area contributed by atoms with Crippen molar-refractivity contribution in [2.45, 2.75) is 72.2 Å². The second-order valence-electron chi connectivity index (χ2n) is 10.9. The summed E-state index contributed by atoms with van der Waals surface area (Å²) in [6.45, 7) is 14.5. The van der Waals surface area contributed by atoms with E-state index in [1.165, 1.54) is 11.0 Å². The largest absolute Gasteiger partial charge is 0.444 e. The molecule has 200 valence electrons. The first-order valence-electron chi connectivity index (χ1n) is 12.4. The molecule has 4 heterocycles. The Balaban J connectivity index is 1.71. The van der Waals surface area contributed by atoms with Crippen LogP contribution in [0.3, 0.4) is 0 Å². The number of rotatable bonds is 3. The molecule has 2 aliphatic rings. The summed E-state index contributed by atoms with van der Waals surface area (Å²) in [5.41, 5.74) is 2.05. The Morgan fingerprint density at radius 3 is 2.62 bits per heavy atom. The van der Waals surface area contributed by atoms with E-state index in [9.17, 15) is 14.0 Å². The minimum Gasteiger partial charge on any atom is -0.444 e. The van der Waals surface area contributed by atoms with Gasteiger partial charge in [0.05, 0.1) is 11.4 Å². The highest BCUT2D eigenvalue weighted by atomic mass is 35.5. The van der Waals surface area contributed by atoms with Gasteiger partial charge in [-0.3, -0.25) is 9.88 Å². The van der Waals surface area contributed by atoms with Gasteiger partial charge in [0.25, 0.3) is 0 Å². The van der Waals surface area contributed by atoms with Crippen molar-refractivity contribution in [1.29, 1.82) is 0 Å². The van der Waals surface area contributed by atoms with Crippen molar-refractivity contribution >= 4 is 35.2 Å². The number of amides is 3. The van der Waals surface area contributed by atoms with Crippen LogP contribution in [0.5, 0.6) is 0 Å². The standard InChI is InChI=1S/C26H34ClFN6O3/c1-14(2)19-20(15(3)8-9-29-19)34-23-17(12-18(28)21(27)30-23)22(31-24(34)35)33-11-10-32(13-16(33)4)25(36)37-26(5,6)7/h8-9,12,14,16,22H,10-11,13H2,1-7H3,(H,31,35)/t16-,22?/m0/s1. The van der Waals surface area contributed by atoms with Gasteiger partial charge in [-0.15, -0.1) is 0 Å². The third-order valence-electron chi connectivity index (χ3n) is 6.50. The van der Waals surface area contributed by atoms with Crippen LogP contribution >= 0.6 is 11.6 Å². The first kappa shape index (κ1) is 27.1. The SMILES string of the molecule is Cc1ccnc(C(C)C)c1N1C(=O)NC(N2CCN(C(=O)OC(C)(C)C)C[C@@H]2C)c2cc(F)c(Cl)nc21. The summed E-state index contributed by atoms with van der Waals surface area (Å²) in [7, 11) is 0. The molecule has 11 heteroatoms. The molecule has 0 saturated carbocycles. The molecule has 0 bridgehead atoms. The Kier molecular flexibility index (Phi) is 7.36. The van der Waals surface area contributed by atoms with Crippen LogP contribution in [0, 0.1) is 12.7 Å². The number of nitrogens with zero attached hydrogens (tertiary/aromatic N) is 5. The van der Waals surface area contributed by atoms with Crippen LogP contribution in [0.2, 0.25) is 5.15 Å². The maximum Gasteiger partial charge on any atom is 0.410 e. The number of aromatic nitrogens is 2. The molecule has 2 aromatic heterocycles. The number of urea groups is 1. The zero-order chi connectivity index (χ0) is 27.2. The highest BCUT2D eigenvalue weighted by Gasteiger charge is 2.42. The van der Waals surface area contributed by atoms with Gasteiger partial charge in [-0.1, -0.05) is 25.4 Å². The molecule has 9 nitrogen and oxygen atoms in total. The molecule has 2 aliphatic heterocycles. The molecule has 0 radical (unpaired) electrons. The maximum absolute atomic E-state index is 14.8. The van der Waals surface area contributed by atoms with Crippen molar-refractivity contribution in [3.05, 3.63) is 46.1 Å². The third-order valence-corrected chi connectivity index (χ3v) is 6.76. The lowest BCUT2D eigenvalue weighted by atomic mass is 10.0. The smallest absolute Gasteiger partial charge is 0.410 e. The molecular weight excluding hydrogens is 499 g/mol. The number of hydrogen-bond acceptors (Lipinski definition) is 6. The molecule has 1 saturated heterocycles. The molecule has 0 aliphatic carbocycles. The predicted octanol–water partition coefficient (Wildman–Crippen LogP) is 5.50. The number of carbonyl (C=O) groups is 2. The monoisotopic (exact) mass is 532 g/mol. The van der Waals surface area contributed by atoms with Crippen molar-refractivity contribution in [2.75, 3.05) is 24.5 Å². The summed E-state index contributed by atoms with van der Waals surface area (Å²) in [4.78, 5) is 40.3. The number of nitrogens with one attached hydrogen (secondary N) is 1. The van der Waals surface area contributed by atoms with Gasteiger partial charge in [0.1, 0.15) is 17.6 Å². The number of carbonyl (C=O) groups excluding carboxylic acids is 2. The van der Waals surface area contributed by atoms with Crippen molar-refractivity contribution in [1.82, 2.24) is 25.1 Å². The fourth-order valence-corrected chi connectivity index (χ4v) is 4.94. The van der Waals surface area contributed by atoms with Gasteiger partial charge >= 0.3 is 12.1 Å². The zero-order valence-corrected chi connectivity index (χ0v) is 23.1. The predicted molar refractivity (Wildman–Crippen MR) is 140 cm³/mol. The van der Waals surface area contributed by atoms with Crippen LogP contribution in [0.15, 0.2) is 18.3 Å². The Morgan fingerprint density at radius 1 is 1.30 bits per heavy atom. The van der Waals surface area contributed by atoms with Gasteiger partial charge in [0.2, 0.25) is 0 Å². The average molecular weight is 533 g/mol. The molecule has 0 aromatic carbocycles. The molecule has 37 heavy (non-hydrogen) atoms. The Morgan fingerprint density at radius 2 is 2.00 bits per heavy atom. The van der Waals surface area contributed by atoms with Crippen LogP contribution in [-0.2, 0) is 4.74 Å². The van der Waals surface area contributed by atoms with E-state index in [4.69, 9.17) is 16.3 Å². The second kappa shape index (κ2) is 10.1. The van der Waals surface area contributed by atoms with Gasteiger partial charge in [0.15, 0.2) is 11.0 Å². The van der Waals surface area contributed by atoms with Crippen molar-refractivity contribution in [3.8, 4) is 0 Å². The van der Waals surface area contributed by atoms with Crippen LogP contribution in [-0.4, -0.2) is 63.2 Å². The number of ether oxygens (including phenoxy) is 1. The lowest BCUT2D eigenvalue weighted by Gasteiger charge is -2.46. The first-order valence-corrected chi connectivity index (χ1v) is 12.8. The van der Waals surface area contributed by atoms with Gasteiger partial charge in [-0.05, 0) is 58.2 Å². The molecule has 0 spiro atoms. The summed E-state index contributed by atoms with van der Waals surface area (Å²) < 4.78 is 20.3. The van der Waals surface area contributed by atoms with Crippen LogP contribution in [0.1, 0.15) is 70.4 Å². The van der Waals surface area contributed by atoms with Crippen molar-refractivity contribution in [3.63, 3.8) is 0 Å². The van der Waals surface area contributed by atoms with Crippen LogP contribution in [0.4, 0.5) is 25.5 Å². The normalized spacial score (nSPS) is 20.6. The third kappa shape index (κ3) is 5.36. The lowest BCUT2D eigenvalue weighted by Crippen LogP contribution is -2.60. The quantitative estimate of drug-likeness (QED) is 0.525. The van der Waals surface area contributed by atoms with Gasteiger partial charge in [-0.2, -0.15) is 0 Å². The summed E-state index contributed by atoms with van der Waals surface area (Å²) in [6, 6.07) is 2.59.